The Balaban J connectivity index is 0.00000306. The normalized spacial score (nSPS) is 13.6. The molecular weight excluding hydrogens is 445 g/mol. The molecular formula is C24H28KN5O3. The van der Waals surface area contributed by atoms with Crippen LogP contribution < -0.4 is 61.0 Å². The Bertz CT molecular complexity index is 1110. The van der Waals surface area contributed by atoms with E-state index in [0.717, 1.165) is 35.2 Å². The molecule has 2 aromatic heterocycles. The molecule has 0 N–H and O–H groups in total. The number of fused-ring (bicyclic) bond motifs is 1. The van der Waals surface area contributed by atoms with Crippen molar-refractivity contribution in [1.29, 1.82) is 0 Å². The minimum absolute atomic E-state index is 0. The van der Waals surface area contributed by atoms with Crippen LogP contribution >= 0.6 is 0 Å². The van der Waals surface area contributed by atoms with Crippen molar-refractivity contribution >= 4 is 23.5 Å². The number of aldehydes is 1. The van der Waals surface area contributed by atoms with Crippen molar-refractivity contribution in [2.45, 2.75) is 19.9 Å². The molecule has 1 fully saturated rings. The van der Waals surface area contributed by atoms with Gasteiger partial charge in [0.2, 0.25) is 0 Å². The molecule has 1 aromatic carbocycles. The molecule has 8 nitrogen and oxygen atoms in total. The number of rotatable bonds is 8. The third-order valence-corrected chi connectivity index (χ3v) is 5.88. The smallest absolute Gasteiger partial charge is 0.661 e. The van der Waals surface area contributed by atoms with Crippen molar-refractivity contribution in [3.63, 3.8) is 0 Å². The summed E-state index contributed by atoms with van der Waals surface area (Å²) in [5.41, 5.74) is 4.43. The molecule has 33 heavy (non-hydrogen) atoms. The number of nitrogens with zero attached hydrogens (tertiary/aromatic N) is 5. The van der Waals surface area contributed by atoms with E-state index >= 15 is 0 Å². The van der Waals surface area contributed by atoms with Gasteiger partial charge >= 0.3 is 51.4 Å². The molecule has 0 bridgehead atoms. The summed E-state index contributed by atoms with van der Waals surface area (Å²) in [6.45, 7) is 5.25. The van der Waals surface area contributed by atoms with Crippen LogP contribution in [0, 0.1) is 0 Å². The summed E-state index contributed by atoms with van der Waals surface area (Å²) in [4.78, 5) is 32.5. The monoisotopic (exact) mass is 473 g/mol. The number of carbonyl (C=O) groups excluding carboxylic acids is 2. The van der Waals surface area contributed by atoms with Crippen LogP contribution in [0.15, 0.2) is 42.9 Å². The Morgan fingerprint density at radius 3 is 2.67 bits per heavy atom. The van der Waals surface area contributed by atoms with Crippen LogP contribution in [0.3, 0.4) is 0 Å². The van der Waals surface area contributed by atoms with Crippen molar-refractivity contribution in [2.75, 3.05) is 44.7 Å². The quantitative estimate of drug-likeness (QED) is 0.338. The average Bonchev–Trinajstić information content (AvgIpc) is 3.29. The van der Waals surface area contributed by atoms with Crippen LogP contribution in [0.2, 0.25) is 0 Å². The van der Waals surface area contributed by atoms with E-state index in [1.54, 1.807) is 13.2 Å². The molecule has 0 aliphatic carbocycles. The van der Waals surface area contributed by atoms with E-state index in [2.05, 4.69) is 22.1 Å². The minimum Gasteiger partial charge on any atom is -0.661 e. The predicted molar refractivity (Wildman–Crippen MR) is 124 cm³/mol. The number of hydrogen-bond acceptors (Lipinski definition) is 5. The number of aryl methyl sites for hydroxylation is 1. The molecule has 0 atom stereocenters. The molecule has 0 unspecified atom stereocenters. The fraction of sp³-hybridized carbons (Fsp3) is 0.375. The summed E-state index contributed by atoms with van der Waals surface area (Å²) in [5, 5.41) is 4.12. The molecule has 168 valence electrons. The Hall–Kier alpha value is -1.75. The number of pyridine rings is 1. The van der Waals surface area contributed by atoms with Gasteiger partial charge in [-0.2, -0.15) is 7.05 Å². The van der Waals surface area contributed by atoms with E-state index in [-0.39, 0.29) is 63.9 Å². The maximum atomic E-state index is 12.7. The van der Waals surface area contributed by atoms with Gasteiger partial charge in [-0.05, 0) is 18.6 Å². The van der Waals surface area contributed by atoms with E-state index in [1.807, 2.05) is 46.0 Å². The van der Waals surface area contributed by atoms with Crippen LogP contribution in [0.25, 0.3) is 11.0 Å². The first-order valence-electron chi connectivity index (χ1n) is 10.9. The summed E-state index contributed by atoms with van der Waals surface area (Å²) in [7, 11) is 1.74. The van der Waals surface area contributed by atoms with Crippen LogP contribution in [0.1, 0.15) is 28.4 Å². The topological polar surface area (TPSA) is 81.2 Å². The van der Waals surface area contributed by atoms with E-state index in [0.29, 0.717) is 44.0 Å². The van der Waals surface area contributed by atoms with Crippen molar-refractivity contribution in [3.05, 3.63) is 64.9 Å². The molecule has 9 heteroatoms. The van der Waals surface area contributed by atoms with Crippen molar-refractivity contribution in [1.82, 2.24) is 14.3 Å². The number of carbonyl (C=O) groups is 2. The number of hydrogen-bond donors (Lipinski definition) is 0. The zero-order valence-corrected chi connectivity index (χ0v) is 22.7. The third-order valence-electron chi connectivity index (χ3n) is 5.88. The Kier molecular flexibility index (Phi) is 9.48. The molecule has 1 amide bonds. The molecule has 0 spiro atoms. The zero-order chi connectivity index (χ0) is 22.5. The predicted octanol–water partition coefficient (Wildman–Crippen LogP) is -0.0557. The molecule has 0 radical (unpaired) electrons. The maximum Gasteiger partial charge on any atom is 1.00 e. The summed E-state index contributed by atoms with van der Waals surface area (Å²) >= 11 is 0. The average molecular weight is 474 g/mol. The van der Waals surface area contributed by atoms with Crippen molar-refractivity contribution < 1.29 is 65.7 Å². The maximum absolute atomic E-state index is 12.7. The van der Waals surface area contributed by atoms with Gasteiger partial charge in [-0.1, -0.05) is 18.6 Å². The Morgan fingerprint density at radius 2 is 1.97 bits per heavy atom. The van der Waals surface area contributed by atoms with Crippen molar-refractivity contribution in [2.24, 2.45) is 0 Å². The summed E-state index contributed by atoms with van der Waals surface area (Å²) in [5.74, 6) is 0.682. The molecule has 1 aliphatic heterocycles. The Labute approximate surface area is 236 Å². The van der Waals surface area contributed by atoms with Gasteiger partial charge in [0.15, 0.2) is 6.61 Å². The standard InChI is InChI=1S/C24H28N5O3.K/c1-3-18-15-29-7-6-26-23(29)13-22(18)32-17-24(31)28-10-8-27(9-11-28)21-5-4-19(14-25-2)20(12-21)16-30;/h4-7,12-13,15-16H,3,8-11,14,17H2,1-2H3;/q-1;+1. The fourth-order valence-electron chi connectivity index (χ4n) is 4.03. The summed E-state index contributed by atoms with van der Waals surface area (Å²) < 4.78 is 7.84. The van der Waals surface area contributed by atoms with E-state index in [1.165, 1.54) is 0 Å². The largest absolute Gasteiger partial charge is 1.00 e. The number of ether oxygens (including phenoxy) is 1. The number of benzene rings is 1. The first kappa shape index (κ1) is 25.9. The van der Waals surface area contributed by atoms with Crippen LogP contribution in [-0.4, -0.2) is 66.3 Å². The number of amides is 1. The van der Waals surface area contributed by atoms with Crippen LogP contribution in [0.4, 0.5) is 5.69 Å². The summed E-state index contributed by atoms with van der Waals surface area (Å²) in [6, 6.07) is 7.77. The van der Waals surface area contributed by atoms with Crippen LogP contribution in [-0.2, 0) is 17.8 Å². The first-order chi connectivity index (χ1) is 15.6. The van der Waals surface area contributed by atoms with Gasteiger partial charge in [-0.3, -0.25) is 9.59 Å². The number of anilines is 1. The second-order valence-electron chi connectivity index (χ2n) is 7.84. The fourth-order valence-corrected chi connectivity index (χ4v) is 4.03. The molecule has 1 aliphatic rings. The minimum atomic E-state index is -0.0246. The number of piperazine rings is 1. The van der Waals surface area contributed by atoms with Gasteiger partial charge in [0.05, 0.1) is 0 Å². The molecule has 3 heterocycles. The molecule has 3 aromatic rings. The van der Waals surface area contributed by atoms with Gasteiger partial charge in [-0.25, -0.2) is 4.98 Å². The second kappa shape index (κ2) is 12.1. The van der Waals surface area contributed by atoms with Crippen LogP contribution in [0.5, 0.6) is 5.75 Å². The summed E-state index contributed by atoms with van der Waals surface area (Å²) in [6.07, 6.45) is 7.33. The number of aromatic nitrogens is 2. The molecule has 1 saturated heterocycles. The number of imidazole rings is 1. The molecule has 0 saturated carbocycles. The van der Waals surface area contributed by atoms with Crippen molar-refractivity contribution in [3.8, 4) is 5.75 Å². The SMILES string of the molecule is CCc1cn2ccnc2cc1OCC(=O)N1CCN(c2ccc(C[N-]C)c(C=O)c2)CC1.[K+]. The van der Waals surface area contributed by atoms with E-state index in [4.69, 9.17) is 4.74 Å². The van der Waals surface area contributed by atoms with Gasteiger partial charge in [-0.15, -0.1) is 6.54 Å². The van der Waals surface area contributed by atoms with Gasteiger partial charge in [0.1, 0.15) is 17.7 Å². The van der Waals surface area contributed by atoms with Gasteiger partial charge in [0.25, 0.3) is 5.91 Å². The van der Waals surface area contributed by atoms with Gasteiger partial charge < -0.3 is 24.3 Å². The Morgan fingerprint density at radius 1 is 1.18 bits per heavy atom. The second-order valence-corrected chi connectivity index (χ2v) is 7.84. The zero-order valence-electron chi connectivity index (χ0n) is 19.5. The third kappa shape index (κ3) is 6.03. The first-order valence-corrected chi connectivity index (χ1v) is 10.9. The van der Waals surface area contributed by atoms with E-state index < -0.39 is 0 Å². The van der Waals surface area contributed by atoms with Gasteiger partial charge in [0, 0.05) is 67.7 Å². The van der Waals surface area contributed by atoms with E-state index in [9.17, 15) is 9.59 Å². The molecule has 4 rings (SSSR count).